The molecule has 2 aliphatic carbocycles. The highest BCUT2D eigenvalue weighted by Crippen LogP contribution is 2.53. The fourth-order valence-corrected chi connectivity index (χ4v) is 13.7. The molecule has 0 fully saturated rings. The lowest BCUT2D eigenvalue weighted by Crippen LogP contribution is -2.17. The molecule has 2 aliphatic rings. The summed E-state index contributed by atoms with van der Waals surface area (Å²) in [4.78, 5) is 4.78. The number of rotatable bonds is 10. The smallest absolute Gasteiger partial charge is 0.0465 e. The van der Waals surface area contributed by atoms with E-state index in [0.29, 0.717) is 0 Å². The number of hydrogen-bond acceptors (Lipinski definition) is 3. The molecule has 0 unspecified atom stereocenters. The summed E-state index contributed by atoms with van der Waals surface area (Å²) in [6.07, 6.45) is 9.14. The first kappa shape index (κ1) is 51.9. The van der Waals surface area contributed by atoms with Gasteiger partial charge in [-0.05, 0) is 186 Å². The molecule has 0 N–H and O–H groups in total. The molecule has 0 atom stereocenters. The second kappa shape index (κ2) is 19.6. The number of hydrogen-bond donors (Lipinski definition) is 0. The Kier molecular flexibility index (Phi) is 12.6. The third-order valence-electron chi connectivity index (χ3n) is 17.3. The number of para-hydroxylation sites is 2. The molecule has 0 amide bonds. The van der Waals surface area contributed by atoms with Crippen molar-refractivity contribution in [3.8, 4) is 22.3 Å². The standard InChI is InChI=1S/C78H70N2S/c1-75(2,3)55-29-33-59(34-30-55)79(57-17-13-11-14-18-57)61-37-41-65-63-39-25-53(47-69(63)77(7,8)71(65)49-61)23-21-51-27-43-73-67(45-51)68-46-52(28-44-74(68)81-73)22-24-54-26-40-64-66-42-38-62(50-72(66)78(9,10)70(64)48-54)80(58-19-15-12-16-20-58)60-35-31-56(32-36-60)76(4,5)6/h11-50H,1-10H3/b23-21+,24-22+. The summed E-state index contributed by atoms with van der Waals surface area (Å²) < 4.78 is 2.61. The van der Waals surface area contributed by atoms with Gasteiger partial charge in [0.25, 0.3) is 0 Å². The predicted octanol–water partition coefficient (Wildman–Crippen LogP) is 22.5. The average Bonchev–Trinajstić information content (AvgIpc) is 3.20. The number of fused-ring (bicyclic) bond motifs is 9. The van der Waals surface area contributed by atoms with Crippen LogP contribution in [-0.4, -0.2) is 0 Å². The van der Waals surface area contributed by atoms with Crippen molar-refractivity contribution in [2.75, 3.05) is 9.80 Å². The lowest BCUT2D eigenvalue weighted by atomic mass is 9.81. The van der Waals surface area contributed by atoms with E-state index in [1.165, 1.54) is 109 Å². The van der Waals surface area contributed by atoms with Gasteiger partial charge in [0.2, 0.25) is 0 Å². The van der Waals surface area contributed by atoms with Crippen LogP contribution in [0.25, 0.3) is 66.7 Å². The van der Waals surface area contributed by atoms with E-state index in [1.54, 1.807) is 0 Å². The van der Waals surface area contributed by atoms with Gasteiger partial charge in [-0.1, -0.05) is 215 Å². The Balaban J connectivity index is 0.743. The fraction of sp³-hybridized carbons (Fsp3) is 0.179. The molecule has 0 saturated carbocycles. The molecule has 3 heteroatoms. The maximum atomic E-state index is 2.42. The predicted molar refractivity (Wildman–Crippen MR) is 352 cm³/mol. The highest BCUT2D eigenvalue weighted by molar-refractivity contribution is 7.25. The Morgan fingerprint density at radius 2 is 0.605 bits per heavy atom. The van der Waals surface area contributed by atoms with Crippen molar-refractivity contribution in [2.45, 2.75) is 90.9 Å². The third kappa shape index (κ3) is 9.42. The monoisotopic (exact) mass is 1070 g/mol. The minimum Gasteiger partial charge on any atom is -0.310 e. The van der Waals surface area contributed by atoms with E-state index in [1.807, 2.05) is 11.3 Å². The summed E-state index contributed by atoms with van der Waals surface area (Å²) in [5, 5.41) is 2.60. The molecule has 81 heavy (non-hydrogen) atoms. The molecule has 13 rings (SSSR count). The Hall–Kier alpha value is -8.50. The van der Waals surface area contributed by atoms with E-state index >= 15 is 0 Å². The summed E-state index contributed by atoms with van der Waals surface area (Å²) in [5.41, 5.74) is 24.9. The fourth-order valence-electron chi connectivity index (χ4n) is 12.6. The summed E-state index contributed by atoms with van der Waals surface area (Å²) in [7, 11) is 0. The second-order valence-corrected chi connectivity index (χ2v) is 26.6. The highest BCUT2D eigenvalue weighted by Gasteiger charge is 2.38. The van der Waals surface area contributed by atoms with Crippen LogP contribution in [0.1, 0.15) is 125 Å². The van der Waals surface area contributed by atoms with Gasteiger partial charge in [-0.2, -0.15) is 0 Å². The third-order valence-corrected chi connectivity index (χ3v) is 18.5. The molecule has 1 heterocycles. The lowest BCUT2D eigenvalue weighted by Gasteiger charge is -2.29. The number of thiophene rings is 1. The van der Waals surface area contributed by atoms with Gasteiger partial charge in [0, 0.05) is 65.1 Å². The van der Waals surface area contributed by atoms with E-state index in [4.69, 9.17) is 0 Å². The molecule has 0 spiro atoms. The van der Waals surface area contributed by atoms with Gasteiger partial charge in [0.05, 0.1) is 0 Å². The minimum absolute atomic E-state index is 0.0879. The highest BCUT2D eigenvalue weighted by atomic mass is 32.1. The Bertz CT molecular complexity index is 3990. The molecular weight excluding hydrogens is 997 g/mol. The van der Waals surface area contributed by atoms with Crippen LogP contribution in [0.15, 0.2) is 218 Å². The molecule has 0 bridgehead atoms. The SMILES string of the molecule is CC(C)(C)c1ccc(N(c2ccccc2)c2ccc3c(c2)C(C)(C)c2cc(/C=C/c4ccc5sc6ccc(/C=C/c7ccc8c(c7)C(C)(C)c7cc(N(c9ccccc9)c9ccc(C(C)(C)C)cc9)ccc7-8)cc6c5c4)ccc2-3)cc1. The van der Waals surface area contributed by atoms with Crippen molar-refractivity contribution in [3.63, 3.8) is 0 Å². The van der Waals surface area contributed by atoms with Crippen molar-refractivity contribution in [1.29, 1.82) is 0 Å². The molecule has 11 aromatic rings. The van der Waals surface area contributed by atoms with Crippen LogP contribution in [0.5, 0.6) is 0 Å². The van der Waals surface area contributed by atoms with E-state index in [9.17, 15) is 0 Å². The molecule has 10 aromatic carbocycles. The zero-order valence-electron chi connectivity index (χ0n) is 48.4. The molecule has 1 aromatic heterocycles. The largest absolute Gasteiger partial charge is 0.310 e. The number of benzene rings is 10. The van der Waals surface area contributed by atoms with Crippen LogP contribution in [0.2, 0.25) is 0 Å². The number of anilines is 6. The maximum absolute atomic E-state index is 2.42. The van der Waals surface area contributed by atoms with Gasteiger partial charge < -0.3 is 9.80 Å². The maximum Gasteiger partial charge on any atom is 0.0465 e. The van der Waals surface area contributed by atoms with E-state index in [-0.39, 0.29) is 21.7 Å². The van der Waals surface area contributed by atoms with E-state index in [2.05, 4.69) is 322 Å². The summed E-state index contributed by atoms with van der Waals surface area (Å²) in [6.45, 7) is 23.2. The van der Waals surface area contributed by atoms with Crippen LogP contribution in [-0.2, 0) is 21.7 Å². The quantitative estimate of drug-likeness (QED) is 0.126. The van der Waals surface area contributed by atoms with Crippen LogP contribution in [0, 0.1) is 0 Å². The summed E-state index contributed by atoms with van der Waals surface area (Å²) in [5.74, 6) is 0. The van der Waals surface area contributed by atoms with Crippen molar-refractivity contribution < 1.29 is 0 Å². The van der Waals surface area contributed by atoms with Gasteiger partial charge in [0.15, 0.2) is 0 Å². The summed E-state index contributed by atoms with van der Waals surface area (Å²) >= 11 is 1.87. The van der Waals surface area contributed by atoms with Crippen molar-refractivity contribution in [3.05, 3.63) is 274 Å². The molecule has 0 saturated heterocycles. The zero-order valence-corrected chi connectivity index (χ0v) is 49.2. The first-order chi connectivity index (χ1) is 38.9. The molecule has 2 nitrogen and oxygen atoms in total. The van der Waals surface area contributed by atoms with Crippen LogP contribution in [0.3, 0.4) is 0 Å². The first-order valence-electron chi connectivity index (χ1n) is 28.7. The Morgan fingerprint density at radius 1 is 0.309 bits per heavy atom. The Labute approximate surface area is 484 Å². The van der Waals surface area contributed by atoms with Crippen molar-refractivity contribution in [2.24, 2.45) is 0 Å². The van der Waals surface area contributed by atoms with Crippen molar-refractivity contribution in [1.82, 2.24) is 0 Å². The molecule has 398 valence electrons. The average molecular weight is 1070 g/mol. The first-order valence-corrected chi connectivity index (χ1v) is 29.5. The van der Waals surface area contributed by atoms with Crippen molar-refractivity contribution >= 4 is 89.9 Å². The van der Waals surface area contributed by atoms with Crippen LogP contribution >= 0.6 is 11.3 Å². The summed E-state index contributed by atoms with van der Waals surface area (Å²) in [6, 6.07) is 81.7. The van der Waals surface area contributed by atoms with Crippen LogP contribution < -0.4 is 9.80 Å². The number of nitrogens with zero attached hydrogens (tertiary/aromatic N) is 2. The minimum atomic E-state index is -0.177. The molecule has 0 radical (unpaired) electrons. The lowest BCUT2D eigenvalue weighted by molar-refractivity contribution is 0.590. The van der Waals surface area contributed by atoms with Gasteiger partial charge in [-0.3, -0.25) is 0 Å². The van der Waals surface area contributed by atoms with E-state index < -0.39 is 0 Å². The zero-order chi connectivity index (χ0) is 56.0. The Morgan fingerprint density at radius 3 is 0.963 bits per heavy atom. The second-order valence-electron chi connectivity index (χ2n) is 25.5. The van der Waals surface area contributed by atoms with Gasteiger partial charge in [-0.15, -0.1) is 11.3 Å². The van der Waals surface area contributed by atoms with Gasteiger partial charge in [0.1, 0.15) is 0 Å². The normalized spacial score (nSPS) is 14.1. The van der Waals surface area contributed by atoms with Gasteiger partial charge >= 0.3 is 0 Å². The van der Waals surface area contributed by atoms with E-state index in [0.717, 1.165) is 22.7 Å². The topological polar surface area (TPSA) is 6.48 Å². The molecule has 0 aliphatic heterocycles. The molecular formula is C78H70N2S. The van der Waals surface area contributed by atoms with Gasteiger partial charge in [-0.25, -0.2) is 0 Å². The van der Waals surface area contributed by atoms with Crippen LogP contribution in [0.4, 0.5) is 34.1 Å².